The number of rotatable bonds is 2. The Balaban J connectivity index is 0. The van der Waals surface area contributed by atoms with Crippen LogP contribution in [-0.4, -0.2) is 24.3 Å². The maximum Gasteiger partial charge on any atom is 0.302 e. The highest BCUT2D eigenvalue weighted by molar-refractivity contribution is 5.65. The quantitative estimate of drug-likeness (QED) is 0.593. The van der Waals surface area contributed by atoms with Gasteiger partial charge in [0.25, 0.3) is 0 Å². The molecule has 1 N–H and O–H groups in total. The molecule has 0 aromatic heterocycles. The first-order valence-electron chi connectivity index (χ1n) is 3.43. The molecule has 0 radical (unpaired) electrons. The first-order chi connectivity index (χ1) is 4.68. The summed E-state index contributed by atoms with van der Waals surface area (Å²) in [6.45, 7) is 5.90. The number of hydrogen-bond acceptors (Lipinski definition) is 3. The minimum atomic E-state index is -0.211. The zero-order chi connectivity index (χ0) is 8.41. The fourth-order valence-corrected chi connectivity index (χ4v) is 0.203. The monoisotopic (exact) mass is 148 g/mol. The van der Waals surface area contributed by atoms with Gasteiger partial charge in [0.1, 0.15) is 0 Å². The zero-order valence-electron chi connectivity index (χ0n) is 6.89. The molecule has 0 aliphatic heterocycles. The van der Waals surface area contributed by atoms with Crippen LogP contribution < -0.4 is 0 Å². The highest BCUT2D eigenvalue weighted by atomic mass is 16.5. The normalized spacial score (nSPS) is 7.60. The smallest absolute Gasteiger partial charge is 0.302 e. The number of esters is 1. The lowest BCUT2D eigenvalue weighted by atomic mass is 10.5. The van der Waals surface area contributed by atoms with Gasteiger partial charge in [-0.1, -0.05) is 6.92 Å². The number of ether oxygens (including phenoxy) is 1. The van der Waals surface area contributed by atoms with E-state index < -0.39 is 0 Å². The lowest BCUT2D eigenvalue weighted by Crippen LogP contribution is -1.95. The molecule has 0 saturated heterocycles. The summed E-state index contributed by atoms with van der Waals surface area (Å²) in [5, 5.41) is 7.88. The van der Waals surface area contributed by atoms with Crippen LogP contribution in [0.25, 0.3) is 0 Å². The van der Waals surface area contributed by atoms with Crippen molar-refractivity contribution < 1.29 is 14.6 Å². The van der Waals surface area contributed by atoms with Gasteiger partial charge in [0.05, 0.1) is 6.61 Å². The molecule has 0 atom stereocenters. The second kappa shape index (κ2) is 11.3. The summed E-state index contributed by atoms with van der Waals surface area (Å²) in [6, 6.07) is 0. The molecule has 0 spiro atoms. The summed E-state index contributed by atoms with van der Waals surface area (Å²) in [5.41, 5.74) is 0. The average molecular weight is 148 g/mol. The Morgan fingerprint density at radius 1 is 1.50 bits per heavy atom. The molecule has 0 aromatic rings. The molecule has 10 heavy (non-hydrogen) atoms. The third-order valence-electron chi connectivity index (χ3n) is 0.571. The number of aliphatic hydroxyl groups is 1. The van der Waals surface area contributed by atoms with Gasteiger partial charge in [-0.15, -0.1) is 0 Å². The van der Waals surface area contributed by atoms with E-state index >= 15 is 0 Å². The summed E-state index contributed by atoms with van der Waals surface area (Å²) in [6.07, 6.45) is 0.875. The third kappa shape index (κ3) is 26.1. The lowest BCUT2D eigenvalue weighted by Gasteiger charge is -1.89. The maximum absolute atomic E-state index is 9.82. The molecule has 0 aliphatic rings. The summed E-state index contributed by atoms with van der Waals surface area (Å²) >= 11 is 0. The van der Waals surface area contributed by atoms with Crippen molar-refractivity contribution in [3.8, 4) is 0 Å². The van der Waals surface area contributed by atoms with E-state index in [1.807, 2.05) is 6.92 Å². The van der Waals surface area contributed by atoms with Crippen LogP contribution in [0.4, 0.5) is 0 Å². The second-order valence-corrected chi connectivity index (χ2v) is 1.65. The topological polar surface area (TPSA) is 46.5 Å². The van der Waals surface area contributed by atoms with Crippen molar-refractivity contribution in [2.75, 3.05) is 13.2 Å². The summed E-state index contributed by atoms with van der Waals surface area (Å²) in [4.78, 5) is 9.82. The Hall–Kier alpha value is -0.570. The van der Waals surface area contributed by atoms with Crippen molar-refractivity contribution in [2.45, 2.75) is 27.2 Å². The molecule has 62 valence electrons. The number of carbonyl (C=O) groups is 1. The molecule has 3 nitrogen and oxygen atoms in total. The van der Waals surface area contributed by atoms with E-state index in [9.17, 15) is 4.79 Å². The first kappa shape index (κ1) is 12.1. The van der Waals surface area contributed by atoms with Gasteiger partial charge in [0.2, 0.25) is 0 Å². The highest BCUT2D eigenvalue weighted by Gasteiger charge is 1.81. The van der Waals surface area contributed by atoms with Crippen molar-refractivity contribution in [2.24, 2.45) is 0 Å². The Morgan fingerprint density at radius 3 is 1.90 bits per heavy atom. The van der Waals surface area contributed by atoms with Gasteiger partial charge in [-0.05, 0) is 13.3 Å². The zero-order valence-corrected chi connectivity index (χ0v) is 6.89. The molecule has 0 aliphatic carbocycles. The van der Waals surface area contributed by atoms with Gasteiger partial charge >= 0.3 is 5.97 Å². The molecule has 0 aromatic carbocycles. The van der Waals surface area contributed by atoms with E-state index in [4.69, 9.17) is 5.11 Å². The van der Waals surface area contributed by atoms with Gasteiger partial charge in [0, 0.05) is 13.5 Å². The Morgan fingerprint density at radius 2 is 1.90 bits per heavy atom. The van der Waals surface area contributed by atoms with Gasteiger partial charge in [0.15, 0.2) is 0 Å². The van der Waals surface area contributed by atoms with Crippen LogP contribution in [0.1, 0.15) is 27.2 Å². The van der Waals surface area contributed by atoms with Crippen LogP contribution in [0.15, 0.2) is 0 Å². The highest BCUT2D eigenvalue weighted by Crippen LogP contribution is 1.69. The minimum absolute atomic E-state index is 0.211. The molecular formula is C7H16O3. The predicted octanol–water partition coefficient (Wildman–Crippen LogP) is 0.958. The molecule has 0 unspecified atom stereocenters. The van der Waals surface area contributed by atoms with E-state index in [1.54, 1.807) is 6.92 Å². The third-order valence-corrected chi connectivity index (χ3v) is 0.571. The molecule has 0 rings (SSSR count). The first-order valence-corrected chi connectivity index (χ1v) is 3.43. The van der Waals surface area contributed by atoms with Crippen LogP contribution in [0.3, 0.4) is 0 Å². The van der Waals surface area contributed by atoms with E-state index in [-0.39, 0.29) is 5.97 Å². The summed E-state index contributed by atoms with van der Waals surface area (Å²) < 4.78 is 4.40. The number of carbonyl (C=O) groups excluding carboxylic acids is 1. The van der Waals surface area contributed by atoms with Gasteiger partial charge in [-0.25, -0.2) is 0 Å². The van der Waals surface area contributed by atoms with Crippen molar-refractivity contribution in [1.82, 2.24) is 0 Å². The van der Waals surface area contributed by atoms with Crippen LogP contribution in [0.5, 0.6) is 0 Å². The van der Waals surface area contributed by atoms with E-state index in [0.29, 0.717) is 13.2 Å². The van der Waals surface area contributed by atoms with Crippen LogP contribution in [0.2, 0.25) is 0 Å². The van der Waals surface area contributed by atoms with Gasteiger partial charge < -0.3 is 9.84 Å². The number of aliphatic hydroxyl groups excluding tert-OH is 1. The lowest BCUT2D eigenvalue weighted by molar-refractivity contribution is -0.140. The predicted molar refractivity (Wildman–Crippen MR) is 39.7 cm³/mol. The Kier molecular flexibility index (Phi) is 13.7. The molecule has 3 heteroatoms. The van der Waals surface area contributed by atoms with Crippen LogP contribution in [0, 0.1) is 0 Å². The fourth-order valence-electron chi connectivity index (χ4n) is 0.203. The van der Waals surface area contributed by atoms with Crippen LogP contribution >= 0.6 is 0 Å². The standard InChI is InChI=1S/C4H8O2.C3H8O/c1-3-6-4(2)5;1-2-3-4/h3H2,1-2H3;4H,2-3H2,1H3. The van der Waals surface area contributed by atoms with Gasteiger partial charge in [-0.3, -0.25) is 4.79 Å². The maximum atomic E-state index is 9.82. The molecule has 0 fully saturated rings. The van der Waals surface area contributed by atoms with Crippen molar-refractivity contribution >= 4 is 5.97 Å². The fraction of sp³-hybridized carbons (Fsp3) is 0.857. The second-order valence-electron chi connectivity index (χ2n) is 1.65. The molecule has 0 heterocycles. The Bertz CT molecular complexity index is 69.3. The molecular weight excluding hydrogens is 132 g/mol. The minimum Gasteiger partial charge on any atom is -0.466 e. The number of hydrogen-bond donors (Lipinski definition) is 1. The molecule has 0 amide bonds. The average Bonchev–Trinajstić information content (AvgIpc) is 1.89. The van der Waals surface area contributed by atoms with E-state index in [0.717, 1.165) is 6.42 Å². The van der Waals surface area contributed by atoms with Crippen molar-refractivity contribution in [1.29, 1.82) is 0 Å². The molecule has 0 bridgehead atoms. The van der Waals surface area contributed by atoms with Crippen LogP contribution in [-0.2, 0) is 9.53 Å². The van der Waals surface area contributed by atoms with Gasteiger partial charge in [-0.2, -0.15) is 0 Å². The molecule has 0 saturated carbocycles. The van der Waals surface area contributed by atoms with Crippen molar-refractivity contribution in [3.05, 3.63) is 0 Å². The van der Waals surface area contributed by atoms with Crippen molar-refractivity contribution in [3.63, 3.8) is 0 Å². The summed E-state index contributed by atoms with van der Waals surface area (Å²) in [7, 11) is 0. The van der Waals surface area contributed by atoms with E-state index in [2.05, 4.69) is 4.74 Å². The largest absolute Gasteiger partial charge is 0.466 e. The summed E-state index contributed by atoms with van der Waals surface area (Å²) in [5.74, 6) is -0.211. The SMILES string of the molecule is CCCO.CCOC(C)=O. The Labute approximate surface area is 62.0 Å². The van der Waals surface area contributed by atoms with E-state index in [1.165, 1.54) is 6.92 Å².